The molecule has 5 heteroatoms. The van der Waals surface area contributed by atoms with Crippen LogP contribution >= 0.6 is 11.6 Å². The number of aryl methyl sites for hydroxylation is 1. The monoisotopic (exact) mass is 293 g/mol. The summed E-state index contributed by atoms with van der Waals surface area (Å²) in [7, 11) is 1.66. The Hall–Kier alpha value is -1.36. The first kappa shape index (κ1) is 15.0. The highest BCUT2D eigenvalue weighted by atomic mass is 35.5. The second kappa shape index (κ2) is 6.39. The summed E-state index contributed by atoms with van der Waals surface area (Å²) in [6.45, 7) is 5.37. The van der Waals surface area contributed by atoms with E-state index in [2.05, 4.69) is 25.0 Å². The van der Waals surface area contributed by atoms with E-state index in [0.29, 0.717) is 18.2 Å². The number of nitrogens with zero attached hydrogens (tertiary/aromatic N) is 2. The molecule has 1 atom stereocenters. The van der Waals surface area contributed by atoms with Crippen molar-refractivity contribution < 1.29 is 4.74 Å². The van der Waals surface area contributed by atoms with Gasteiger partial charge in [0.05, 0.1) is 36.1 Å². The number of hydrogen-bond acceptors (Lipinski definition) is 3. The van der Waals surface area contributed by atoms with Crippen molar-refractivity contribution in [3.63, 3.8) is 0 Å². The van der Waals surface area contributed by atoms with Gasteiger partial charge in [-0.1, -0.05) is 29.8 Å². The molecule has 4 nitrogen and oxygen atoms in total. The van der Waals surface area contributed by atoms with Crippen LogP contribution in [0.4, 0.5) is 0 Å². The van der Waals surface area contributed by atoms with Gasteiger partial charge in [-0.3, -0.25) is 4.68 Å². The molecule has 108 valence electrons. The summed E-state index contributed by atoms with van der Waals surface area (Å²) in [6.07, 6.45) is 1.64. The first-order chi connectivity index (χ1) is 9.56. The summed E-state index contributed by atoms with van der Waals surface area (Å²) in [6, 6.07) is 5.84. The molecule has 0 amide bonds. The summed E-state index contributed by atoms with van der Waals surface area (Å²) in [5.74, 6) is 0. The predicted molar refractivity (Wildman–Crippen MR) is 81.1 cm³/mol. The topological polar surface area (TPSA) is 53.1 Å². The van der Waals surface area contributed by atoms with Gasteiger partial charge in [0.15, 0.2) is 0 Å². The molecule has 2 rings (SSSR count). The Morgan fingerprint density at radius 3 is 2.85 bits per heavy atom. The minimum Gasteiger partial charge on any atom is -0.383 e. The van der Waals surface area contributed by atoms with E-state index in [4.69, 9.17) is 22.1 Å². The number of methoxy groups -OCH3 is 1. The molecule has 1 aromatic carbocycles. The Bertz CT molecular complexity index is 595. The zero-order chi connectivity index (χ0) is 14.7. The molecule has 1 aromatic heterocycles. The Kier molecular flexibility index (Phi) is 4.81. The second-order valence-corrected chi connectivity index (χ2v) is 5.27. The molecule has 0 saturated carbocycles. The van der Waals surface area contributed by atoms with Gasteiger partial charge in [-0.25, -0.2) is 0 Å². The van der Waals surface area contributed by atoms with Crippen LogP contribution in [-0.4, -0.2) is 23.5 Å². The van der Waals surface area contributed by atoms with Crippen LogP contribution in [0.3, 0.4) is 0 Å². The highest BCUT2D eigenvalue weighted by Gasteiger charge is 2.20. The van der Waals surface area contributed by atoms with Gasteiger partial charge in [-0.05, 0) is 30.5 Å². The lowest BCUT2D eigenvalue weighted by atomic mass is 9.96. The van der Waals surface area contributed by atoms with E-state index in [-0.39, 0.29) is 6.04 Å². The van der Waals surface area contributed by atoms with Crippen molar-refractivity contribution in [2.24, 2.45) is 5.73 Å². The van der Waals surface area contributed by atoms with E-state index >= 15 is 0 Å². The summed E-state index contributed by atoms with van der Waals surface area (Å²) >= 11 is 6.26. The summed E-state index contributed by atoms with van der Waals surface area (Å²) in [4.78, 5) is 0. The maximum atomic E-state index is 6.42. The molecule has 2 N–H and O–H groups in total. The lowest BCUT2D eigenvalue weighted by Crippen LogP contribution is -2.20. The average Bonchev–Trinajstić information content (AvgIpc) is 2.80. The van der Waals surface area contributed by atoms with Crippen molar-refractivity contribution in [1.29, 1.82) is 0 Å². The molecule has 0 aliphatic rings. The molecule has 0 bridgehead atoms. The summed E-state index contributed by atoms with van der Waals surface area (Å²) in [5.41, 5.74) is 10.7. The lowest BCUT2D eigenvalue weighted by molar-refractivity contribution is 0.182. The molecule has 2 aromatic rings. The average molecular weight is 294 g/mol. The van der Waals surface area contributed by atoms with Gasteiger partial charge in [0, 0.05) is 7.11 Å². The molecule has 0 saturated heterocycles. The molecule has 0 fully saturated rings. The number of rotatable bonds is 5. The highest BCUT2D eigenvalue weighted by molar-refractivity contribution is 6.31. The fraction of sp³-hybridized carbons (Fsp3) is 0.400. The fourth-order valence-corrected chi connectivity index (χ4v) is 2.55. The largest absolute Gasteiger partial charge is 0.383 e. The number of nitrogens with two attached hydrogens (primary N) is 1. The van der Waals surface area contributed by atoms with Gasteiger partial charge in [0.1, 0.15) is 0 Å². The van der Waals surface area contributed by atoms with Crippen LogP contribution in [0.25, 0.3) is 0 Å². The number of hydrogen-bond donors (Lipinski definition) is 1. The zero-order valence-corrected chi connectivity index (χ0v) is 12.8. The predicted octanol–water partition coefficient (Wildman–Crippen LogP) is 2.85. The Morgan fingerprint density at radius 2 is 2.15 bits per heavy atom. The summed E-state index contributed by atoms with van der Waals surface area (Å²) in [5, 5.41) is 4.87. The Balaban J connectivity index is 2.40. The Morgan fingerprint density at radius 1 is 1.40 bits per heavy atom. The van der Waals surface area contributed by atoms with Gasteiger partial charge >= 0.3 is 0 Å². The molecule has 20 heavy (non-hydrogen) atoms. The quantitative estimate of drug-likeness (QED) is 0.922. The molecular weight excluding hydrogens is 274 g/mol. The smallest absolute Gasteiger partial charge is 0.0837 e. The minimum absolute atomic E-state index is 0.290. The van der Waals surface area contributed by atoms with E-state index < -0.39 is 0 Å². The normalized spacial score (nSPS) is 12.7. The van der Waals surface area contributed by atoms with E-state index in [1.165, 1.54) is 11.1 Å². The highest BCUT2D eigenvalue weighted by Crippen LogP contribution is 2.29. The van der Waals surface area contributed by atoms with Crippen molar-refractivity contribution in [3.8, 4) is 0 Å². The van der Waals surface area contributed by atoms with Crippen molar-refractivity contribution in [1.82, 2.24) is 9.78 Å². The first-order valence-electron chi connectivity index (χ1n) is 6.58. The van der Waals surface area contributed by atoms with E-state index in [0.717, 1.165) is 11.3 Å². The molecule has 0 radical (unpaired) electrons. The van der Waals surface area contributed by atoms with Gasteiger partial charge in [0.2, 0.25) is 0 Å². The van der Waals surface area contributed by atoms with Crippen LogP contribution in [0.2, 0.25) is 5.02 Å². The molecule has 0 spiro atoms. The lowest BCUT2D eigenvalue weighted by Gasteiger charge is -2.18. The van der Waals surface area contributed by atoms with Crippen molar-refractivity contribution in [3.05, 3.63) is 51.8 Å². The number of halogens is 1. The van der Waals surface area contributed by atoms with E-state index in [1.54, 1.807) is 13.3 Å². The van der Waals surface area contributed by atoms with Crippen LogP contribution < -0.4 is 5.73 Å². The third-order valence-electron chi connectivity index (χ3n) is 3.62. The standard InChI is InChI=1S/C15H20ClN3O/c1-10-5-4-6-12(11(10)2)14(17)15-13(16)9-18-19(15)7-8-20-3/h4-6,9,14H,7-8,17H2,1-3H3. The molecular formula is C15H20ClN3O. The SMILES string of the molecule is COCCn1ncc(Cl)c1C(N)c1cccc(C)c1C. The minimum atomic E-state index is -0.290. The third-order valence-corrected chi connectivity index (χ3v) is 3.91. The van der Waals surface area contributed by atoms with Crippen LogP contribution in [0.1, 0.15) is 28.4 Å². The van der Waals surface area contributed by atoms with Gasteiger partial charge in [-0.2, -0.15) is 5.10 Å². The van der Waals surface area contributed by atoms with Gasteiger partial charge in [0.25, 0.3) is 0 Å². The summed E-state index contributed by atoms with van der Waals surface area (Å²) < 4.78 is 6.91. The molecule has 1 heterocycles. The van der Waals surface area contributed by atoms with Crippen molar-refractivity contribution >= 4 is 11.6 Å². The maximum Gasteiger partial charge on any atom is 0.0837 e. The zero-order valence-electron chi connectivity index (χ0n) is 12.1. The van der Waals surface area contributed by atoms with Crippen LogP contribution in [-0.2, 0) is 11.3 Å². The van der Waals surface area contributed by atoms with Crippen molar-refractivity contribution in [2.75, 3.05) is 13.7 Å². The number of benzene rings is 1. The van der Waals surface area contributed by atoms with E-state index in [1.807, 2.05) is 16.8 Å². The van der Waals surface area contributed by atoms with Gasteiger partial charge in [-0.15, -0.1) is 0 Å². The number of aromatic nitrogens is 2. The molecule has 1 unspecified atom stereocenters. The third kappa shape index (κ3) is 2.87. The van der Waals surface area contributed by atoms with E-state index in [9.17, 15) is 0 Å². The molecule has 0 aliphatic carbocycles. The first-order valence-corrected chi connectivity index (χ1v) is 6.96. The molecule has 0 aliphatic heterocycles. The fourth-order valence-electron chi connectivity index (χ4n) is 2.30. The van der Waals surface area contributed by atoms with Gasteiger partial charge < -0.3 is 10.5 Å². The number of ether oxygens (including phenoxy) is 1. The van der Waals surface area contributed by atoms with Crippen LogP contribution in [0.15, 0.2) is 24.4 Å². The van der Waals surface area contributed by atoms with Crippen molar-refractivity contribution in [2.45, 2.75) is 26.4 Å². The van der Waals surface area contributed by atoms with Crippen LogP contribution in [0.5, 0.6) is 0 Å². The maximum absolute atomic E-state index is 6.42. The Labute approximate surface area is 124 Å². The second-order valence-electron chi connectivity index (χ2n) is 4.86. The van der Waals surface area contributed by atoms with Crippen LogP contribution in [0, 0.1) is 13.8 Å².